The highest BCUT2D eigenvalue weighted by molar-refractivity contribution is 6.31. The van der Waals surface area contributed by atoms with E-state index in [1.54, 1.807) is 30.3 Å². The highest BCUT2D eigenvalue weighted by Crippen LogP contribution is 2.38. The van der Waals surface area contributed by atoms with Crippen LogP contribution in [0, 0.1) is 17.7 Å². The van der Waals surface area contributed by atoms with Gasteiger partial charge in [0.1, 0.15) is 5.82 Å². The van der Waals surface area contributed by atoms with Crippen LogP contribution < -0.4 is 16.6 Å². The maximum Gasteiger partial charge on any atom is 0.329 e. The molecule has 1 aliphatic rings. The summed E-state index contributed by atoms with van der Waals surface area (Å²) in [6.07, 6.45) is 3.39. The fourth-order valence-corrected chi connectivity index (χ4v) is 6.01. The van der Waals surface area contributed by atoms with Crippen molar-refractivity contribution in [2.75, 3.05) is 6.54 Å². The van der Waals surface area contributed by atoms with Gasteiger partial charge < -0.3 is 10.3 Å². The van der Waals surface area contributed by atoms with E-state index in [1.807, 2.05) is 30.3 Å². The molecule has 1 aromatic heterocycles. The zero-order valence-corrected chi connectivity index (χ0v) is 22.3. The van der Waals surface area contributed by atoms with Gasteiger partial charge in [-0.3, -0.25) is 14.2 Å². The van der Waals surface area contributed by atoms with Gasteiger partial charge in [-0.15, -0.1) is 0 Å². The van der Waals surface area contributed by atoms with E-state index in [1.165, 1.54) is 22.3 Å². The topological polar surface area (TPSA) is 84.0 Å². The van der Waals surface area contributed by atoms with Crippen LogP contribution in [-0.4, -0.2) is 22.0 Å². The monoisotopic (exact) mass is 547 g/mol. The van der Waals surface area contributed by atoms with Gasteiger partial charge in [0.2, 0.25) is 5.91 Å². The zero-order chi connectivity index (χ0) is 27.4. The zero-order valence-electron chi connectivity index (χ0n) is 21.5. The molecular weight excluding hydrogens is 517 g/mol. The highest BCUT2D eigenvalue weighted by atomic mass is 35.5. The first-order valence-electron chi connectivity index (χ1n) is 13.4. The summed E-state index contributed by atoms with van der Waals surface area (Å²) in [6.45, 7) is 0.568. The molecule has 202 valence electrons. The quantitative estimate of drug-likeness (QED) is 0.308. The van der Waals surface area contributed by atoms with E-state index in [-0.39, 0.29) is 34.7 Å². The SMILES string of the molecule is O=C(NCCc1ccccc1)C1CCC(C(Cc2c(F)cccc2Cl)n2c(=O)[nH]c3ccccc3c2=O)CC1. The Bertz CT molecular complexity index is 1560. The van der Waals surface area contributed by atoms with Crippen LogP contribution in [-0.2, 0) is 17.6 Å². The van der Waals surface area contributed by atoms with Crippen LogP contribution in [0.25, 0.3) is 10.9 Å². The number of nitrogens with zero attached hydrogens (tertiary/aromatic N) is 1. The highest BCUT2D eigenvalue weighted by Gasteiger charge is 2.34. The van der Waals surface area contributed by atoms with Gasteiger partial charge in [-0.1, -0.05) is 60.1 Å². The number of halogens is 2. The molecule has 8 heteroatoms. The molecule has 4 aromatic rings. The van der Waals surface area contributed by atoms with Crippen LogP contribution in [0.15, 0.2) is 82.4 Å². The Hall–Kier alpha value is -3.71. The first-order chi connectivity index (χ1) is 18.9. The molecule has 0 spiro atoms. The van der Waals surface area contributed by atoms with Crippen LogP contribution in [0.4, 0.5) is 4.39 Å². The predicted molar refractivity (Wildman–Crippen MR) is 152 cm³/mol. The van der Waals surface area contributed by atoms with E-state index >= 15 is 0 Å². The van der Waals surface area contributed by atoms with Crippen molar-refractivity contribution in [2.45, 2.75) is 44.6 Å². The fraction of sp³-hybridized carbons (Fsp3) is 0.323. The molecule has 39 heavy (non-hydrogen) atoms. The van der Waals surface area contributed by atoms with E-state index in [9.17, 15) is 18.8 Å². The van der Waals surface area contributed by atoms with E-state index in [0.717, 1.165) is 6.42 Å². The minimum absolute atomic E-state index is 0.0267. The molecule has 1 saturated carbocycles. The summed E-state index contributed by atoms with van der Waals surface area (Å²) in [5, 5.41) is 3.71. The summed E-state index contributed by atoms with van der Waals surface area (Å²) in [5.41, 5.74) is 0.971. The van der Waals surface area contributed by atoms with Gasteiger partial charge in [0.05, 0.1) is 10.9 Å². The van der Waals surface area contributed by atoms with Crippen LogP contribution in [0.2, 0.25) is 5.02 Å². The van der Waals surface area contributed by atoms with Gasteiger partial charge in [-0.25, -0.2) is 9.18 Å². The molecular formula is C31H31ClFN3O3. The second kappa shape index (κ2) is 12.0. The van der Waals surface area contributed by atoms with Gasteiger partial charge in [-0.05, 0) is 74.3 Å². The standard InChI is InChI=1S/C31H31ClFN3O3/c32-25-10-6-11-26(33)24(25)19-28(36-30(38)23-9-4-5-12-27(23)35-31(36)39)21-13-15-22(16-14-21)29(37)34-18-17-20-7-2-1-3-8-20/h1-12,21-22,28H,13-19H2,(H,34,37)(H,35,39). The summed E-state index contributed by atoms with van der Waals surface area (Å²) < 4.78 is 16.1. The molecule has 1 fully saturated rings. The van der Waals surface area contributed by atoms with Crippen molar-refractivity contribution in [1.82, 2.24) is 14.9 Å². The largest absolute Gasteiger partial charge is 0.356 e. The lowest BCUT2D eigenvalue weighted by molar-refractivity contribution is -0.126. The van der Waals surface area contributed by atoms with Crippen molar-refractivity contribution in [3.63, 3.8) is 0 Å². The van der Waals surface area contributed by atoms with E-state index in [0.29, 0.717) is 43.1 Å². The minimum atomic E-state index is -0.609. The lowest BCUT2D eigenvalue weighted by atomic mass is 9.76. The molecule has 5 rings (SSSR count). The van der Waals surface area contributed by atoms with Crippen molar-refractivity contribution < 1.29 is 9.18 Å². The third-order valence-electron chi connectivity index (χ3n) is 7.89. The van der Waals surface area contributed by atoms with Gasteiger partial charge in [0, 0.05) is 29.1 Å². The van der Waals surface area contributed by atoms with Gasteiger partial charge >= 0.3 is 5.69 Å². The first kappa shape index (κ1) is 26.9. The molecule has 1 amide bonds. The van der Waals surface area contributed by atoms with Crippen LogP contribution in [0.3, 0.4) is 0 Å². The number of rotatable bonds is 8. The van der Waals surface area contributed by atoms with E-state index < -0.39 is 23.1 Å². The number of nitrogens with one attached hydrogen (secondary N) is 2. The molecule has 1 aliphatic carbocycles. The maximum absolute atomic E-state index is 14.8. The van der Waals surface area contributed by atoms with Crippen molar-refractivity contribution in [3.8, 4) is 0 Å². The number of carbonyl (C=O) groups is 1. The molecule has 3 aromatic carbocycles. The van der Waals surface area contributed by atoms with Crippen LogP contribution in [0.5, 0.6) is 0 Å². The number of aromatic amines is 1. The molecule has 0 saturated heterocycles. The lowest BCUT2D eigenvalue weighted by Crippen LogP contribution is -2.43. The lowest BCUT2D eigenvalue weighted by Gasteiger charge is -2.34. The van der Waals surface area contributed by atoms with Gasteiger partial charge in [-0.2, -0.15) is 0 Å². The summed E-state index contributed by atoms with van der Waals surface area (Å²) >= 11 is 6.37. The van der Waals surface area contributed by atoms with Crippen molar-refractivity contribution in [1.29, 1.82) is 0 Å². The molecule has 1 unspecified atom stereocenters. The van der Waals surface area contributed by atoms with Crippen molar-refractivity contribution >= 4 is 28.4 Å². The average molecular weight is 548 g/mol. The number of hydrogen-bond acceptors (Lipinski definition) is 3. The third-order valence-corrected chi connectivity index (χ3v) is 8.24. The number of fused-ring (bicyclic) bond motifs is 1. The van der Waals surface area contributed by atoms with E-state index in [2.05, 4.69) is 10.3 Å². The minimum Gasteiger partial charge on any atom is -0.356 e. The summed E-state index contributed by atoms with van der Waals surface area (Å²) in [6, 6.07) is 20.7. The summed E-state index contributed by atoms with van der Waals surface area (Å²) in [4.78, 5) is 42.5. The molecule has 0 bridgehead atoms. The maximum atomic E-state index is 14.8. The third kappa shape index (κ3) is 5.98. The first-order valence-corrected chi connectivity index (χ1v) is 13.8. The Morgan fingerprint density at radius 2 is 1.69 bits per heavy atom. The summed E-state index contributed by atoms with van der Waals surface area (Å²) in [7, 11) is 0. The van der Waals surface area contributed by atoms with Crippen molar-refractivity contribution in [2.24, 2.45) is 11.8 Å². The van der Waals surface area contributed by atoms with Crippen molar-refractivity contribution in [3.05, 3.63) is 116 Å². The van der Waals surface area contributed by atoms with Gasteiger partial charge in [0.15, 0.2) is 0 Å². The molecule has 1 atom stereocenters. The molecule has 2 N–H and O–H groups in total. The predicted octanol–water partition coefficient (Wildman–Crippen LogP) is 5.43. The number of benzene rings is 3. The molecule has 0 aliphatic heterocycles. The Morgan fingerprint density at radius 3 is 2.44 bits per heavy atom. The normalized spacial score (nSPS) is 18.1. The average Bonchev–Trinajstić information content (AvgIpc) is 2.94. The van der Waals surface area contributed by atoms with Gasteiger partial charge in [0.25, 0.3) is 5.56 Å². The molecule has 0 radical (unpaired) electrons. The Balaban J connectivity index is 1.36. The number of carbonyl (C=O) groups excluding carboxylic acids is 1. The fourth-order valence-electron chi connectivity index (χ4n) is 5.77. The Morgan fingerprint density at radius 1 is 0.974 bits per heavy atom. The smallest absolute Gasteiger partial charge is 0.329 e. The molecule has 1 heterocycles. The second-order valence-electron chi connectivity index (χ2n) is 10.3. The second-order valence-corrected chi connectivity index (χ2v) is 10.7. The Labute approximate surface area is 230 Å². The number of H-pyrrole nitrogens is 1. The Kier molecular flexibility index (Phi) is 8.27. The van der Waals surface area contributed by atoms with E-state index in [4.69, 9.17) is 11.6 Å². The number of amides is 1. The number of aromatic nitrogens is 2. The number of hydrogen-bond donors (Lipinski definition) is 2. The van der Waals surface area contributed by atoms with Crippen LogP contribution in [0.1, 0.15) is 42.9 Å². The number of para-hydroxylation sites is 1. The summed E-state index contributed by atoms with van der Waals surface area (Å²) in [5.74, 6) is -0.682. The molecule has 6 nitrogen and oxygen atoms in total. The van der Waals surface area contributed by atoms with Crippen LogP contribution >= 0.6 is 11.6 Å².